The van der Waals surface area contributed by atoms with E-state index in [1.807, 2.05) is 13.8 Å². The molecule has 8 heteroatoms. The number of aromatic carboxylic acids is 1. The third-order valence-electron chi connectivity index (χ3n) is 3.47. The molecule has 0 saturated carbocycles. The molecule has 0 aromatic carbocycles. The number of carboxylic acids is 1. The van der Waals surface area contributed by atoms with Gasteiger partial charge in [-0.05, 0) is 13.3 Å². The van der Waals surface area contributed by atoms with Gasteiger partial charge in [-0.1, -0.05) is 13.8 Å². The predicted molar refractivity (Wildman–Crippen MR) is 78.4 cm³/mol. The van der Waals surface area contributed by atoms with Crippen LogP contribution in [0.5, 0.6) is 0 Å². The van der Waals surface area contributed by atoms with Crippen LogP contribution in [0.15, 0.2) is 6.20 Å². The number of aromatic nitrogens is 2. The molecule has 0 aliphatic carbocycles. The van der Waals surface area contributed by atoms with Crippen molar-refractivity contribution in [2.24, 2.45) is 0 Å². The summed E-state index contributed by atoms with van der Waals surface area (Å²) in [5, 5.41) is 12.3. The van der Waals surface area contributed by atoms with Gasteiger partial charge >= 0.3 is 5.97 Å². The van der Waals surface area contributed by atoms with Crippen LogP contribution < -0.4 is 5.32 Å². The Balaban J connectivity index is 2.34. The van der Waals surface area contributed by atoms with Gasteiger partial charge in [-0.3, -0.25) is 0 Å². The molecule has 1 unspecified atom stereocenters. The van der Waals surface area contributed by atoms with Crippen molar-refractivity contribution in [3.05, 3.63) is 17.7 Å². The summed E-state index contributed by atoms with van der Waals surface area (Å²) in [6.07, 6.45) is 1.85. The number of anilines is 1. The summed E-state index contributed by atoms with van der Waals surface area (Å²) in [4.78, 5) is 19.6. The lowest BCUT2D eigenvalue weighted by Gasteiger charge is -2.25. The standard InChI is InChI=1S/C13H19N3O4S/c1-8(2)11-14-6-9(10(15-11)12(17)18)16-13(3)4-5-21(19,20)7-13/h6,8,16H,4-5,7H2,1-3H3,(H,17,18). The Bertz CT molecular complexity index is 672. The highest BCUT2D eigenvalue weighted by Gasteiger charge is 2.39. The van der Waals surface area contributed by atoms with Crippen LogP contribution in [0.3, 0.4) is 0 Å². The Morgan fingerprint density at radius 3 is 2.62 bits per heavy atom. The lowest BCUT2D eigenvalue weighted by atomic mass is 10.0. The lowest BCUT2D eigenvalue weighted by Crippen LogP contribution is -2.36. The number of hydrogen-bond donors (Lipinski definition) is 2. The van der Waals surface area contributed by atoms with Crippen LogP contribution >= 0.6 is 0 Å². The van der Waals surface area contributed by atoms with E-state index in [2.05, 4.69) is 15.3 Å². The minimum atomic E-state index is -3.08. The minimum Gasteiger partial charge on any atom is -0.476 e. The maximum absolute atomic E-state index is 11.6. The second-order valence-corrected chi connectivity index (χ2v) is 8.16. The van der Waals surface area contributed by atoms with Crippen molar-refractivity contribution in [3.8, 4) is 0 Å². The summed E-state index contributed by atoms with van der Waals surface area (Å²) in [7, 11) is -3.08. The van der Waals surface area contributed by atoms with E-state index in [-0.39, 0.29) is 28.8 Å². The molecule has 116 valence electrons. The Morgan fingerprint density at radius 1 is 1.48 bits per heavy atom. The van der Waals surface area contributed by atoms with Gasteiger partial charge in [0.25, 0.3) is 0 Å². The van der Waals surface area contributed by atoms with Crippen LogP contribution in [0, 0.1) is 0 Å². The zero-order valence-corrected chi connectivity index (χ0v) is 13.1. The topological polar surface area (TPSA) is 109 Å². The van der Waals surface area contributed by atoms with Crippen molar-refractivity contribution in [2.45, 2.75) is 38.6 Å². The van der Waals surface area contributed by atoms with Gasteiger partial charge in [-0.2, -0.15) is 0 Å². The van der Waals surface area contributed by atoms with E-state index in [0.717, 1.165) is 0 Å². The Hall–Kier alpha value is -1.70. The average Bonchev–Trinajstić information content (AvgIpc) is 2.63. The van der Waals surface area contributed by atoms with Gasteiger partial charge < -0.3 is 10.4 Å². The first-order chi connectivity index (χ1) is 9.62. The lowest BCUT2D eigenvalue weighted by molar-refractivity contribution is 0.0691. The fraction of sp³-hybridized carbons (Fsp3) is 0.615. The van der Waals surface area contributed by atoms with Crippen molar-refractivity contribution >= 4 is 21.5 Å². The van der Waals surface area contributed by atoms with Crippen LogP contribution in [0.25, 0.3) is 0 Å². The molecule has 1 fully saturated rings. The third-order valence-corrected chi connectivity index (χ3v) is 5.37. The number of carboxylic acid groups (broad SMARTS) is 1. The van der Waals surface area contributed by atoms with Crippen molar-refractivity contribution in [1.82, 2.24) is 9.97 Å². The molecule has 0 spiro atoms. The molecule has 2 heterocycles. The van der Waals surface area contributed by atoms with Crippen LogP contribution in [0.4, 0.5) is 5.69 Å². The van der Waals surface area contributed by atoms with E-state index in [1.165, 1.54) is 6.20 Å². The van der Waals surface area contributed by atoms with Gasteiger partial charge in [-0.25, -0.2) is 23.2 Å². The summed E-state index contributed by atoms with van der Waals surface area (Å²) in [6.45, 7) is 5.51. The largest absolute Gasteiger partial charge is 0.476 e. The first-order valence-electron chi connectivity index (χ1n) is 6.71. The predicted octanol–water partition coefficient (Wildman–Crippen LogP) is 1.29. The smallest absolute Gasteiger partial charge is 0.356 e. The number of sulfone groups is 1. The third kappa shape index (κ3) is 3.49. The highest BCUT2D eigenvalue weighted by Crippen LogP contribution is 2.28. The fourth-order valence-corrected chi connectivity index (χ4v) is 4.46. The molecule has 7 nitrogen and oxygen atoms in total. The van der Waals surface area contributed by atoms with Gasteiger partial charge in [0.2, 0.25) is 0 Å². The highest BCUT2D eigenvalue weighted by molar-refractivity contribution is 7.91. The van der Waals surface area contributed by atoms with Gasteiger partial charge in [0, 0.05) is 11.5 Å². The molecular formula is C13H19N3O4S. The zero-order valence-electron chi connectivity index (χ0n) is 12.3. The first kappa shape index (κ1) is 15.7. The SMILES string of the molecule is CC(C)c1ncc(NC2(C)CCS(=O)(=O)C2)c(C(=O)O)n1. The summed E-state index contributed by atoms with van der Waals surface area (Å²) in [5.41, 5.74) is -0.558. The molecule has 1 aromatic rings. The monoisotopic (exact) mass is 313 g/mol. The van der Waals surface area contributed by atoms with E-state index in [1.54, 1.807) is 6.92 Å². The normalized spacial score (nSPS) is 24.2. The molecule has 0 radical (unpaired) electrons. The quantitative estimate of drug-likeness (QED) is 0.861. The average molecular weight is 313 g/mol. The maximum Gasteiger partial charge on any atom is 0.356 e. The molecule has 21 heavy (non-hydrogen) atoms. The molecule has 2 rings (SSSR count). The number of nitrogens with one attached hydrogen (secondary N) is 1. The van der Waals surface area contributed by atoms with Crippen LogP contribution in [-0.2, 0) is 9.84 Å². The molecule has 0 bridgehead atoms. The molecular weight excluding hydrogens is 294 g/mol. The molecule has 1 aromatic heterocycles. The van der Waals surface area contributed by atoms with Crippen molar-refractivity contribution in [3.63, 3.8) is 0 Å². The first-order valence-corrected chi connectivity index (χ1v) is 8.53. The molecule has 0 amide bonds. The number of carbonyl (C=O) groups is 1. The maximum atomic E-state index is 11.6. The van der Waals surface area contributed by atoms with E-state index in [0.29, 0.717) is 12.2 Å². The zero-order chi connectivity index (χ0) is 15.8. The van der Waals surface area contributed by atoms with Crippen molar-refractivity contribution < 1.29 is 18.3 Å². The Morgan fingerprint density at radius 2 is 2.14 bits per heavy atom. The van der Waals surface area contributed by atoms with Crippen LogP contribution in [0.2, 0.25) is 0 Å². The number of hydrogen-bond acceptors (Lipinski definition) is 6. The molecule has 1 aliphatic rings. The van der Waals surface area contributed by atoms with E-state index < -0.39 is 21.3 Å². The second-order valence-electron chi connectivity index (χ2n) is 5.98. The summed E-state index contributed by atoms with van der Waals surface area (Å²) in [6, 6.07) is 0. The summed E-state index contributed by atoms with van der Waals surface area (Å²) >= 11 is 0. The van der Waals surface area contributed by atoms with Gasteiger partial charge in [0.15, 0.2) is 15.5 Å². The molecule has 1 aliphatic heterocycles. The molecule has 1 atom stereocenters. The number of rotatable bonds is 4. The van der Waals surface area contributed by atoms with E-state index >= 15 is 0 Å². The van der Waals surface area contributed by atoms with Crippen LogP contribution in [-0.4, -0.2) is 46.5 Å². The Labute approximate surface area is 123 Å². The molecule has 2 N–H and O–H groups in total. The van der Waals surface area contributed by atoms with Gasteiger partial charge in [-0.15, -0.1) is 0 Å². The highest BCUT2D eigenvalue weighted by atomic mass is 32.2. The fourth-order valence-electron chi connectivity index (χ4n) is 2.36. The second kappa shape index (κ2) is 5.25. The van der Waals surface area contributed by atoms with Gasteiger partial charge in [0.05, 0.1) is 23.4 Å². The summed E-state index contributed by atoms with van der Waals surface area (Å²) < 4.78 is 23.2. The minimum absolute atomic E-state index is 0.0135. The van der Waals surface area contributed by atoms with E-state index in [9.17, 15) is 18.3 Å². The molecule has 1 saturated heterocycles. The van der Waals surface area contributed by atoms with Gasteiger partial charge in [0.1, 0.15) is 5.82 Å². The Kier molecular flexibility index (Phi) is 3.92. The number of nitrogens with zero attached hydrogens (tertiary/aromatic N) is 2. The van der Waals surface area contributed by atoms with Crippen LogP contribution in [0.1, 0.15) is 49.4 Å². The van der Waals surface area contributed by atoms with Crippen molar-refractivity contribution in [1.29, 1.82) is 0 Å². The van der Waals surface area contributed by atoms with E-state index in [4.69, 9.17) is 0 Å². The van der Waals surface area contributed by atoms with Crippen molar-refractivity contribution in [2.75, 3.05) is 16.8 Å². The summed E-state index contributed by atoms with van der Waals surface area (Å²) in [5.74, 6) is -0.623.